The zero-order valence-corrected chi connectivity index (χ0v) is 12.5. The molecule has 1 aromatic carbocycles. The van der Waals surface area contributed by atoms with Crippen LogP contribution in [0.3, 0.4) is 0 Å². The second kappa shape index (κ2) is 7.48. The highest BCUT2D eigenvalue weighted by Gasteiger charge is 2.12. The van der Waals surface area contributed by atoms with Gasteiger partial charge in [0.25, 0.3) is 0 Å². The first-order valence-corrected chi connectivity index (χ1v) is 7.01. The van der Waals surface area contributed by atoms with Gasteiger partial charge in [0.15, 0.2) is 0 Å². The van der Waals surface area contributed by atoms with Crippen LogP contribution in [0.25, 0.3) is 0 Å². The van der Waals surface area contributed by atoms with Crippen molar-refractivity contribution >= 4 is 34.8 Å². The van der Waals surface area contributed by atoms with E-state index in [1.165, 1.54) is 12.8 Å². The number of rotatable bonds is 6. The van der Waals surface area contributed by atoms with Crippen molar-refractivity contribution in [2.24, 2.45) is 0 Å². The van der Waals surface area contributed by atoms with Gasteiger partial charge in [-0.2, -0.15) is 0 Å². The molecule has 0 heterocycles. The lowest BCUT2D eigenvalue weighted by Gasteiger charge is -2.20. The Morgan fingerprint density at radius 1 is 1.24 bits per heavy atom. The van der Waals surface area contributed by atoms with Gasteiger partial charge in [0.2, 0.25) is 0 Å². The summed E-state index contributed by atoms with van der Waals surface area (Å²) in [4.78, 5) is 2.24. The molecule has 0 amide bonds. The predicted octanol–water partition coefficient (Wildman–Crippen LogP) is 5.01. The van der Waals surface area contributed by atoms with E-state index in [1.807, 2.05) is 12.1 Å². The third-order valence-electron chi connectivity index (χ3n) is 2.67. The summed E-state index contributed by atoms with van der Waals surface area (Å²) in [6.07, 6.45) is 2.39. The first kappa shape index (κ1) is 15.1. The predicted molar refractivity (Wildman–Crippen MR) is 77.5 cm³/mol. The van der Waals surface area contributed by atoms with Crippen LogP contribution in [-0.4, -0.2) is 25.0 Å². The monoisotopic (exact) mass is 293 g/mol. The van der Waals surface area contributed by atoms with E-state index in [1.54, 1.807) is 6.07 Å². The van der Waals surface area contributed by atoms with Gasteiger partial charge < -0.3 is 4.90 Å². The number of halogens is 3. The van der Waals surface area contributed by atoms with E-state index in [0.29, 0.717) is 10.0 Å². The van der Waals surface area contributed by atoms with Crippen molar-refractivity contribution in [1.82, 2.24) is 4.90 Å². The fourth-order valence-electron chi connectivity index (χ4n) is 1.61. The van der Waals surface area contributed by atoms with Gasteiger partial charge >= 0.3 is 0 Å². The number of likely N-dealkylation sites (N-methyl/N-ethyl adjacent to an activating group) is 1. The van der Waals surface area contributed by atoms with Gasteiger partial charge in [-0.05, 0) is 37.7 Å². The number of hydrogen-bond donors (Lipinski definition) is 0. The Bertz CT molecular complexity index is 355. The van der Waals surface area contributed by atoms with Gasteiger partial charge in [0, 0.05) is 6.54 Å². The van der Waals surface area contributed by atoms with Crippen LogP contribution in [-0.2, 0) is 0 Å². The average molecular weight is 295 g/mol. The van der Waals surface area contributed by atoms with E-state index in [0.717, 1.165) is 18.7 Å². The SMILES string of the molecule is CCCCN(C)CC(Cl)c1ccc(Cl)c(Cl)c1. The highest BCUT2D eigenvalue weighted by atomic mass is 35.5. The molecule has 0 saturated carbocycles. The Morgan fingerprint density at radius 2 is 1.94 bits per heavy atom. The molecule has 0 aliphatic carbocycles. The topological polar surface area (TPSA) is 3.24 Å². The minimum atomic E-state index is -0.0494. The molecule has 0 aromatic heterocycles. The quantitative estimate of drug-likeness (QED) is 0.667. The number of nitrogens with zero attached hydrogens (tertiary/aromatic N) is 1. The summed E-state index contributed by atoms with van der Waals surface area (Å²) in [6, 6.07) is 5.56. The smallest absolute Gasteiger partial charge is 0.0712 e. The Hall–Kier alpha value is 0.0500. The fraction of sp³-hybridized carbons (Fsp3) is 0.538. The lowest BCUT2D eigenvalue weighted by Crippen LogP contribution is -2.23. The van der Waals surface area contributed by atoms with Gasteiger partial charge in [-0.3, -0.25) is 0 Å². The maximum absolute atomic E-state index is 6.36. The summed E-state index contributed by atoms with van der Waals surface area (Å²) in [7, 11) is 2.09. The van der Waals surface area contributed by atoms with Crippen LogP contribution in [0.1, 0.15) is 30.7 Å². The third kappa shape index (κ3) is 5.05. The van der Waals surface area contributed by atoms with Crippen molar-refractivity contribution in [2.45, 2.75) is 25.1 Å². The highest BCUT2D eigenvalue weighted by Crippen LogP contribution is 2.28. The van der Waals surface area contributed by atoms with E-state index in [4.69, 9.17) is 34.8 Å². The van der Waals surface area contributed by atoms with E-state index in [-0.39, 0.29) is 5.38 Å². The van der Waals surface area contributed by atoms with Crippen molar-refractivity contribution in [3.05, 3.63) is 33.8 Å². The number of hydrogen-bond acceptors (Lipinski definition) is 1. The lowest BCUT2D eigenvalue weighted by molar-refractivity contribution is 0.328. The minimum absolute atomic E-state index is 0.0494. The maximum Gasteiger partial charge on any atom is 0.0712 e. The molecule has 0 N–H and O–H groups in total. The largest absolute Gasteiger partial charge is 0.305 e. The summed E-state index contributed by atoms with van der Waals surface area (Å²) in [5.74, 6) is 0. The summed E-state index contributed by atoms with van der Waals surface area (Å²) in [6.45, 7) is 4.07. The molecule has 0 spiro atoms. The molecule has 17 heavy (non-hydrogen) atoms. The van der Waals surface area contributed by atoms with E-state index < -0.39 is 0 Å². The molecule has 0 radical (unpaired) electrons. The molecular formula is C13H18Cl3N. The van der Waals surface area contributed by atoms with E-state index >= 15 is 0 Å². The molecule has 0 fully saturated rings. The average Bonchev–Trinajstić information content (AvgIpc) is 2.30. The standard InChI is InChI=1S/C13H18Cl3N/c1-3-4-7-17(2)9-13(16)10-5-6-11(14)12(15)8-10/h5-6,8,13H,3-4,7,9H2,1-2H3. The summed E-state index contributed by atoms with van der Waals surface area (Å²) >= 11 is 18.2. The molecule has 1 nitrogen and oxygen atoms in total. The minimum Gasteiger partial charge on any atom is -0.305 e. The molecular weight excluding hydrogens is 277 g/mol. The van der Waals surface area contributed by atoms with Crippen molar-refractivity contribution in [3.63, 3.8) is 0 Å². The van der Waals surface area contributed by atoms with E-state index in [9.17, 15) is 0 Å². The van der Waals surface area contributed by atoms with Crippen LogP contribution >= 0.6 is 34.8 Å². The van der Waals surface area contributed by atoms with Crippen LogP contribution in [0.5, 0.6) is 0 Å². The molecule has 96 valence electrons. The van der Waals surface area contributed by atoms with Gasteiger partial charge in [-0.25, -0.2) is 0 Å². The van der Waals surface area contributed by atoms with Crippen molar-refractivity contribution in [3.8, 4) is 0 Å². The van der Waals surface area contributed by atoms with Crippen molar-refractivity contribution in [1.29, 1.82) is 0 Å². The summed E-state index contributed by atoms with van der Waals surface area (Å²) in [5, 5.41) is 1.08. The first-order valence-electron chi connectivity index (χ1n) is 5.82. The molecule has 1 atom stereocenters. The Balaban J connectivity index is 2.57. The van der Waals surface area contributed by atoms with Crippen molar-refractivity contribution < 1.29 is 0 Å². The molecule has 0 bridgehead atoms. The molecule has 1 rings (SSSR count). The zero-order valence-electron chi connectivity index (χ0n) is 10.2. The molecule has 0 aliphatic heterocycles. The Morgan fingerprint density at radius 3 is 2.53 bits per heavy atom. The van der Waals surface area contributed by atoms with Crippen molar-refractivity contribution in [2.75, 3.05) is 20.1 Å². The lowest BCUT2D eigenvalue weighted by atomic mass is 10.1. The third-order valence-corrected chi connectivity index (χ3v) is 3.80. The molecule has 1 aromatic rings. The van der Waals surface area contributed by atoms with Crippen LogP contribution in [0.15, 0.2) is 18.2 Å². The fourth-order valence-corrected chi connectivity index (χ4v) is 2.28. The van der Waals surface area contributed by atoms with Gasteiger partial charge in [0.1, 0.15) is 0 Å². The highest BCUT2D eigenvalue weighted by molar-refractivity contribution is 6.42. The van der Waals surface area contributed by atoms with Crippen LogP contribution in [0, 0.1) is 0 Å². The van der Waals surface area contributed by atoms with Crippen LogP contribution in [0.4, 0.5) is 0 Å². The molecule has 0 saturated heterocycles. The van der Waals surface area contributed by atoms with Crippen LogP contribution < -0.4 is 0 Å². The van der Waals surface area contributed by atoms with Gasteiger partial charge in [-0.1, -0.05) is 42.6 Å². The normalized spacial score (nSPS) is 13.1. The van der Waals surface area contributed by atoms with Gasteiger partial charge in [-0.15, -0.1) is 11.6 Å². The second-order valence-electron chi connectivity index (χ2n) is 4.26. The van der Waals surface area contributed by atoms with E-state index in [2.05, 4.69) is 18.9 Å². The second-order valence-corrected chi connectivity index (χ2v) is 5.60. The number of benzene rings is 1. The van der Waals surface area contributed by atoms with Gasteiger partial charge in [0.05, 0.1) is 15.4 Å². The summed E-state index contributed by atoms with van der Waals surface area (Å²) < 4.78 is 0. The molecule has 4 heteroatoms. The molecule has 1 unspecified atom stereocenters. The maximum atomic E-state index is 6.36. The number of unbranched alkanes of at least 4 members (excludes halogenated alkanes) is 1. The molecule has 0 aliphatic rings. The van der Waals surface area contributed by atoms with Crippen LogP contribution in [0.2, 0.25) is 10.0 Å². The first-order chi connectivity index (χ1) is 8.04. The summed E-state index contributed by atoms with van der Waals surface area (Å²) in [5.41, 5.74) is 1.02. The Labute approximate surface area is 119 Å². The number of alkyl halides is 1. The zero-order chi connectivity index (χ0) is 12.8. The Kier molecular flexibility index (Phi) is 6.65.